The Morgan fingerprint density at radius 3 is 2.72 bits per heavy atom. The van der Waals surface area contributed by atoms with Crippen LogP contribution in [0.4, 0.5) is 0 Å². The van der Waals surface area contributed by atoms with Crippen LogP contribution in [0.3, 0.4) is 0 Å². The van der Waals surface area contributed by atoms with Crippen LogP contribution in [0.5, 0.6) is 0 Å². The van der Waals surface area contributed by atoms with Crippen molar-refractivity contribution in [3.63, 3.8) is 0 Å². The highest BCUT2D eigenvalue weighted by Crippen LogP contribution is 2.31. The van der Waals surface area contributed by atoms with E-state index in [0.29, 0.717) is 30.1 Å². The lowest BCUT2D eigenvalue weighted by molar-refractivity contribution is 0.00338. The molecule has 1 saturated heterocycles. The molecule has 1 aliphatic carbocycles. The SMILES string of the molecule is C=CCO[C@@H]1CCCN(C[C@H]2CCCC[C@@H]2CNC(=O)c2ccc(-n3cccn3)cc2)C1. The highest BCUT2D eigenvalue weighted by atomic mass is 16.5. The van der Waals surface area contributed by atoms with Crippen molar-refractivity contribution in [3.8, 4) is 5.69 Å². The zero-order valence-corrected chi connectivity index (χ0v) is 19.0. The van der Waals surface area contributed by atoms with E-state index < -0.39 is 0 Å². The van der Waals surface area contributed by atoms with Crippen molar-refractivity contribution in [2.24, 2.45) is 11.8 Å². The van der Waals surface area contributed by atoms with Gasteiger partial charge in [0.1, 0.15) is 0 Å². The van der Waals surface area contributed by atoms with Gasteiger partial charge in [0.25, 0.3) is 5.91 Å². The molecule has 1 aliphatic heterocycles. The molecule has 1 amide bonds. The van der Waals surface area contributed by atoms with Crippen LogP contribution in [0, 0.1) is 11.8 Å². The summed E-state index contributed by atoms with van der Waals surface area (Å²) in [5.74, 6) is 1.20. The standard InChI is InChI=1S/C26H36N4O2/c1-2-17-32-25-9-5-15-29(20-25)19-23-8-4-3-7-22(23)18-27-26(31)21-10-12-24(13-11-21)30-16-6-14-28-30/h2,6,10-14,16,22-23,25H,1,3-5,7-9,15,17-20H2,(H,27,31)/t22-,23-,25-/m1/s1. The number of ether oxygens (including phenoxy) is 1. The van der Waals surface area contributed by atoms with E-state index in [9.17, 15) is 4.79 Å². The van der Waals surface area contributed by atoms with E-state index in [4.69, 9.17) is 4.74 Å². The fourth-order valence-electron chi connectivity index (χ4n) is 5.16. The summed E-state index contributed by atoms with van der Waals surface area (Å²) in [4.78, 5) is 15.3. The van der Waals surface area contributed by atoms with Crippen molar-refractivity contribution < 1.29 is 9.53 Å². The molecule has 172 valence electrons. The lowest BCUT2D eigenvalue weighted by Crippen LogP contribution is -2.45. The number of carbonyl (C=O) groups excluding carboxylic acids is 1. The van der Waals surface area contributed by atoms with Crippen molar-refractivity contribution in [2.45, 2.75) is 44.6 Å². The fourth-order valence-corrected chi connectivity index (χ4v) is 5.16. The lowest BCUT2D eigenvalue weighted by Gasteiger charge is -2.39. The smallest absolute Gasteiger partial charge is 0.251 e. The molecule has 0 spiro atoms. The van der Waals surface area contributed by atoms with Gasteiger partial charge in [-0.1, -0.05) is 18.9 Å². The van der Waals surface area contributed by atoms with Crippen molar-refractivity contribution in [3.05, 3.63) is 60.9 Å². The first-order valence-electron chi connectivity index (χ1n) is 12.1. The van der Waals surface area contributed by atoms with Gasteiger partial charge in [0.15, 0.2) is 0 Å². The minimum Gasteiger partial charge on any atom is -0.373 e. The largest absolute Gasteiger partial charge is 0.373 e. The summed E-state index contributed by atoms with van der Waals surface area (Å²) in [6, 6.07) is 9.52. The highest BCUT2D eigenvalue weighted by molar-refractivity contribution is 5.94. The molecule has 32 heavy (non-hydrogen) atoms. The Hall–Kier alpha value is -2.44. The molecular weight excluding hydrogens is 400 g/mol. The van der Waals surface area contributed by atoms with Crippen molar-refractivity contribution in [2.75, 3.05) is 32.8 Å². The Labute approximate surface area is 191 Å². The van der Waals surface area contributed by atoms with Crippen LogP contribution >= 0.6 is 0 Å². The minimum absolute atomic E-state index is 0.0113. The van der Waals surface area contributed by atoms with Gasteiger partial charge in [-0.05, 0) is 74.4 Å². The molecule has 2 fully saturated rings. The number of piperidine rings is 1. The topological polar surface area (TPSA) is 59.4 Å². The van der Waals surface area contributed by atoms with Crippen LogP contribution in [0.1, 0.15) is 48.9 Å². The maximum atomic E-state index is 12.8. The van der Waals surface area contributed by atoms with E-state index in [0.717, 1.165) is 38.3 Å². The first-order chi connectivity index (χ1) is 15.7. The number of aromatic nitrogens is 2. The maximum Gasteiger partial charge on any atom is 0.251 e. The van der Waals surface area contributed by atoms with E-state index in [2.05, 4.69) is 21.9 Å². The van der Waals surface area contributed by atoms with Crippen molar-refractivity contribution in [1.82, 2.24) is 20.0 Å². The van der Waals surface area contributed by atoms with Gasteiger partial charge in [0, 0.05) is 37.6 Å². The molecule has 0 bridgehead atoms. The second-order valence-electron chi connectivity index (χ2n) is 9.16. The normalized spacial score (nSPS) is 24.2. The molecule has 3 atom stereocenters. The molecule has 6 heteroatoms. The molecule has 2 aliphatic rings. The van der Waals surface area contributed by atoms with Gasteiger partial charge in [0.2, 0.25) is 0 Å². The summed E-state index contributed by atoms with van der Waals surface area (Å²) >= 11 is 0. The zero-order valence-electron chi connectivity index (χ0n) is 19.0. The molecule has 4 rings (SSSR count). The predicted octanol–water partition coefficient (Wildman–Crippen LogP) is 4.08. The number of hydrogen-bond acceptors (Lipinski definition) is 4. The molecule has 1 aromatic heterocycles. The molecule has 0 unspecified atom stereocenters. The van der Waals surface area contributed by atoms with Crippen LogP contribution in [-0.4, -0.2) is 59.5 Å². The quantitative estimate of drug-likeness (QED) is 0.602. The number of likely N-dealkylation sites (tertiary alicyclic amines) is 1. The van der Waals surface area contributed by atoms with E-state index in [-0.39, 0.29) is 5.91 Å². The molecule has 2 aromatic rings. The second kappa shape index (κ2) is 11.4. The number of hydrogen-bond donors (Lipinski definition) is 1. The summed E-state index contributed by atoms with van der Waals surface area (Å²) in [5, 5.41) is 7.45. The second-order valence-corrected chi connectivity index (χ2v) is 9.16. The number of benzene rings is 1. The van der Waals surface area contributed by atoms with Gasteiger partial charge in [0.05, 0.1) is 18.4 Å². The Morgan fingerprint density at radius 2 is 1.97 bits per heavy atom. The average Bonchev–Trinajstić information content (AvgIpc) is 3.37. The Morgan fingerprint density at radius 1 is 1.16 bits per heavy atom. The van der Waals surface area contributed by atoms with Crippen molar-refractivity contribution in [1.29, 1.82) is 0 Å². The Balaban J connectivity index is 1.28. The third-order valence-corrected chi connectivity index (χ3v) is 6.89. The summed E-state index contributed by atoms with van der Waals surface area (Å²) < 4.78 is 7.71. The summed E-state index contributed by atoms with van der Waals surface area (Å²) in [6.07, 6.45) is 13.2. The zero-order chi connectivity index (χ0) is 22.2. The third-order valence-electron chi connectivity index (χ3n) is 6.89. The third kappa shape index (κ3) is 6.08. The van der Waals surface area contributed by atoms with Gasteiger partial charge in [-0.25, -0.2) is 4.68 Å². The van der Waals surface area contributed by atoms with Gasteiger partial charge < -0.3 is 15.0 Å². The van der Waals surface area contributed by atoms with E-state index in [1.165, 1.54) is 32.1 Å². The number of carbonyl (C=O) groups is 1. The number of rotatable bonds is 9. The predicted molar refractivity (Wildman–Crippen MR) is 127 cm³/mol. The summed E-state index contributed by atoms with van der Waals surface area (Å²) in [5.41, 5.74) is 1.65. The van der Waals surface area contributed by atoms with Gasteiger partial charge in [-0.2, -0.15) is 5.10 Å². The van der Waals surface area contributed by atoms with Gasteiger partial charge >= 0.3 is 0 Å². The molecule has 1 aromatic carbocycles. The van der Waals surface area contributed by atoms with Crippen LogP contribution in [-0.2, 0) is 4.74 Å². The van der Waals surface area contributed by atoms with Crippen LogP contribution < -0.4 is 5.32 Å². The van der Waals surface area contributed by atoms with Crippen LogP contribution in [0.25, 0.3) is 5.69 Å². The number of nitrogens with zero attached hydrogens (tertiary/aromatic N) is 3. The lowest BCUT2D eigenvalue weighted by atomic mass is 9.78. The number of nitrogens with one attached hydrogen (secondary N) is 1. The first kappa shape index (κ1) is 22.7. The Kier molecular flexibility index (Phi) is 8.13. The monoisotopic (exact) mass is 436 g/mol. The van der Waals surface area contributed by atoms with E-state index >= 15 is 0 Å². The number of amides is 1. The molecule has 6 nitrogen and oxygen atoms in total. The molecule has 2 heterocycles. The molecule has 1 N–H and O–H groups in total. The van der Waals surface area contributed by atoms with E-state index in [1.54, 1.807) is 10.9 Å². The summed E-state index contributed by atoms with van der Waals surface area (Å²) in [7, 11) is 0. The molecule has 1 saturated carbocycles. The van der Waals surface area contributed by atoms with Crippen LogP contribution in [0.15, 0.2) is 55.4 Å². The maximum absolute atomic E-state index is 12.8. The van der Waals surface area contributed by atoms with Crippen molar-refractivity contribution >= 4 is 5.91 Å². The van der Waals surface area contributed by atoms with Gasteiger partial charge in [-0.3, -0.25) is 4.79 Å². The Bertz CT molecular complexity index is 849. The van der Waals surface area contributed by atoms with E-state index in [1.807, 2.05) is 42.6 Å². The van der Waals surface area contributed by atoms with Gasteiger partial charge in [-0.15, -0.1) is 6.58 Å². The summed E-state index contributed by atoms with van der Waals surface area (Å²) in [6.45, 7) is 8.46. The average molecular weight is 437 g/mol. The minimum atomic E-state index is 0.0113. The molecule has 0 radical (unpaired) electrons. The molecular formula is C26H36N4O2. The van der Waals surface area contributed by atoms with Crippen LogP contribution in [0.2, 0.25) is 0 Å². The first-order valence-corrected chi connectivity index (χ1v) is 12.1. The highest BCUT2D eigenvalue weighted by Gasteiger charge is 2.29. The fraction of sp³-hybridized carbons (Fsp3) is 0.538.